The van der Waals surface area contributed by atoms with Gasteiger partial charge in [-0.1, -0.05) is 17.7 Å². The standard InChI is InChI=1S/C17H14ClN3O2/c18-13-7-5-11-14(19)8-6-12-15(11)17(13)20-16(12)9-1-3-10(4-2-9)21(22)23/h1-5,7,14,20H,6,8,19H2. The molecule has 2 aromatic carbocycles. The molecule has 5 nitrogen and oxygen atoms in total. The third kappa shape index (κ3) is 2.12. The van der Waals surface area contributed by atoms with Gasteiger partial charge in [0, 0.05) is 29.3 Å². The van der Waals surface area contributed by atoms with Crippen molar-refractivity contribution in [2.24, 2.45) is 5.73 Å². The third-order valence-electron chi connectivity index (χ3n) is 4.51. The number of aromatic amines is 1. The van der Waals surface area contributed by atoms with E-state index in [0.717, 1.165) is 40.6 Å². The SMILES string of the molecule is NC1CCc2c(-c3ccc([N+](=O)[O-])cc3)[nH]c3c(Cl)ccc1c23. The van der Waals surface area contributed by atoms with E-state index >= 15 is 0 Å². The van der Waals surface area contributed by atoms with Crippen LogP contribution in [-0.4, -0.2) is 9.91 Å². The summed E-state index contributed by atoms with van der Waals surface area (Å²) < 4.78 is 0. The molecule has 0 radical (unpaired) electrons. The molecule has 4 rings (SSSR count). The fourth-order valence-electron chi connectivity index (χ4n) is 3.38. The van der Waals surface area contributed by atoms with Crippen LogP contribution in [0.2, 0.25) is 5.02 Å². The van der Waals surface area contributed by atoms with Crippen LogP contribution in [0.4, 0.5) is 5.69 Å². The highest BCUT2D eigenvalue weighted by Crippen LogP contribution is 2.42. The molecular formula is C17H14ClN3O2. The van der Waals surface area contributed by atoms with E-state index in [4.69, 9.17) is 17.3 Å². The summed E-state index contributed by atoms with van der Waals surface area (Å²) in [5, 5.41) is 12.6. The van der Waals surface area contributed by atoms with Gasteiger partial charge in [-0.15, -0.1) is 0 Å². The van der Waals surface area contributed by atoms with E-state index in [1.807, 2.05) is 12.1 Å². The van der Waals surface area contributed by atoms with Crippen molar-refractivity contribution in [1.82, 2.24) is 4.98 Å². The molecular weight excluding hydrogens is 314 g/mol. The Hall–Kier alpha value is -2.37. The van der Waals surface area contributed by atoms with Crippen molar-refractivity contribution in [3.05, 3.63) is 62.7 Å². The number of aromatic nitrogens is 1. The van der Waals surface area contributed by atoms with Gasteiger partial charge in [0.25, 0.3) is 5.69 Å². The van der Waals surface area contributed by atoms with Gasteiger partial charge in [-0.25, -0.2) is 0 Å². The van der Waals surface area contributed by atoms with E-state index in [2.05, 4.69) is 4.98 Å². The summed E-state index contributed by atoms with van der Waals surface area (Å²) in [6, 6.07) is 10.4. The highest BCUT2D eigenvalue weighted by atomic mass is 35.5. The highest BCUT2D eigenvalue weighted by molar-refractivity contribution is 6.35. The minimum absolute atomic E-state index is 0.0165. The largest absolute Gasteiger partial charge is 0.353 e. The molecule has 0 bridgehead atoms. The summed E-state index contributed by atoms with van der Waals surface area (Å²) in [4.78, 5) is 13.8. The molecule has 116 valence electrons. The van der Waals surface area contributed by atoms with Gasteiger partial charge in [-0.05, 0) is 47.7 Å². The zero-order chi connectivity index (χ0) is 16.1. The van der Waals surface area contributed by atoms with Gasteiger partial charge >= 0.3 is 0 Å². The molecule has 0 spiro atoms. The second-order valence-corrected chi connectivity index (χ2v) is 6.22. The Balaban J connectivity index is 1.95. The monoisotopic (exact) mass is 327 g/mol. The zero-order valence-electron chi connectivity index (χ0n) is 12.2. The van der Waals surface area contributed by atoms with Crippen LogP contribution in [0.1, 0.15) is 23.6 Å². The average Bonchev–Trinajstić information content (AvgIpc) is 2.94. The Morgan fingerprint density at radius 2 is 1.96 bits per heavy atom. The first kappa shape index (κ1) is 14.2. The van der Waals surface area contributed by atoms with Gasteiger partial charge in [0.15, 0.2) is 0 Å². The Bertz CT molecular complexity index is 931. The highest BCUT2D eigenvalue weighted by Gasteiger charge is 2.25. The fraction of sp³-hybridized carbons (Fsp3) is 0.176. The molecule has 3 N–H and O–H groups in total. The molecule has 1 unspecified atom stereocenters. The number of rotatable bonds is 2. The molecule has 1 aliphatic rings. The predicted molar refractivity (Wildman–Crippen MR) is 90.6 cm³/mol. The van der Waals surface area contributed by atoms with Crippen molar-refractivity contribution < 1.29 is 4.92 Å². The first-order valence-electron chi connectivity index (χ1n) is 7.39. The van der Waals surface area contributed by atoms with Crippen molar-refractivity contribution in [1.29, 1.82) is 0 Å². The third-order valence-corrected chi connectivity index (χ3v) is 4.83. The maximum atomic E-state index is 10.8. The number of nitrogens with two attached hydrogens (primary N) is 1. The number of hydrogen-bond donors (Lipinski definition) is 2. The van der Waals surface area contributed by atoms with E-state index in [-0.39, 0.29) is 11.7 Å². The quantitative estimate of drug-likeness (QED) is 0.542. The molecule has 0 saturated carbocycles. The van der Waals surface area contributed by atoms with E-state index in [0.29, 0.717) is 5.02 Å². The summed E-state index contributed by atoms with van der Waals surface area (Å²) in [7, 11) is 0. The summed E-state index contributed by atoms with van der Waals surface area (Å²) in [6.45, 7) is 0. The lowest BCUT2D eigenvalue weighted by molar-refractivity contribution is -0.384. The molecule has 3 aromatic rings. The number of nitro groups is 1. The number of halogens is 1. The second-order valence-electron chi connectivity index (χ2n) is 5.81. The van der Waals surface area contributed by atoms with Crippen molar-refractivity contribution in [3.8, 4) is 11.3 Å². The van der Waals surface area contributed by atoms with E-state index < -0.39 is 4.92 Å². The molecule has 1 atom stereocenters. The summed E-state index contributed by atoms with van der Waals surface area (Å²) in [6.07, 6.45) is 1.74. The van der Waals surface area contributed by atoms with Crippen LogP contribution >= 0.6 is 11.6 Å². The van der Waals surface area contributed by atoms with E-state index in [9.17, 15) is 10.1 Å². The minimum Gasteiger partial charge on any atom is -0.353 e. The van der Waals surface area contributed by atoms with Gasteiger partial charge in [0.1, 0.15) is 0 Å². The number of H-pyrrole nitrogens is 1. The Morgan fingerprint density at radius 1 is 1.22 bits per heavy atom. The van der Waals surface area contributed by atoms with E-state index in [1.54, 1.807) is 12.1 Å². The molecule has 0 saturated heterocycles. The van der Waals surface area contributed by atoms with Crippen LogP contribution in [0.3, 0.4) is 0 Å². The van der Waals surface area contributed by atoms with E-state index in [1.165, 1.54) is 17.7 Å². The lowest BCUT2D eigenvalue weighted by Crippen LogP contribution is -2.15. The van der Waals surface area contributed by atoms with Crippen LogP contribution < -0.4 is 5.73 Å². The predicted octanol–water partition coefficient (Wildman–Crippen LogP) is 4.34. The number of nitrogens with zero attached hydrogens (tertiary/aromatic N) is 1. The minimum atomic E-state index is -0.396. The van der Waals surface area contributed by atoms with Gasteiger partial charge in [-0.3, -0.25) is 10.1 Å². The van der Waals surface area contributed by atoms with Crippen LogP contribution in [0.25, 0.3) is 22.2 Å². The maximum Gasteiger partial charge on any atom is 0.269 e. The molecule has 6 heteroatoms. The molecule has 1 aromatic heterocycles. The van der Waals surface area contributed by atoms with Gasteiger partial charge in [0.2, 0.25) is 0 Å². The molecule has 23 heavy (non-hydrogen) atoms. The number of non-ortho nitro benzene ring substituents is 1. The Kier molecular flexibility index (Phi) is 3.14. The first-order chi connectivity index (χ1) is 11.1. The number of hydrogen-bond acceptors (Lipinski definition) is 3. The Labute approximate surface area is 137 Å². The van der Waals surface area contributed by atoms with Crippen molar-refractivity contribution in [2.45, 2.75) is 18.9 Å². The first-order valence-corrected chi connectivity index (χ1v) is 7.77. The van der Waals surface area contributed by atoms with Gasteiger partial charge in [0.05, 0.1) is 15.5 Å². The van der Waals surface area contributed by atoms with Crippen molar-refractivity contribution in [3.63, 3.8) is 0 Å². The zero-order valence-corrected chi connectivity index (χ0v) is 12.9. The molecule has 1 aliphatic carbocycles. The molecule has 1 heterocycles. The van der Waals surface area contributed by atoms with Crippen LogP contribution in [-0.2, 0) is 6.42 Å². The van der Waals surface area contributed by atoms with Gasteiger partial charge < -0.3 is 10.7 Å². The van der Waals surface area contributed by atoms with Crippen LogP contribution in [0.5, 0.6) is 0 Å². The number of nitrogens with one attached hydrogen (secondary N) is 1. The normalized spacial score (nSPS) is 16.7. The maximum absolute atomic E-state index is 10.8. The van der Waals surface area contributed by atoms with Crippen LogP contribution in [0.15, 0.2) is 36.4 Å². The smallest absolute Gasteiger partial charge is 0.269 e. The molecule has 0 fully saturated rings. The molecule has 0 amide bonds. The number of aryl methyl sites for hydroxylation is 1. The van der Waals surface area contributed by atoms with Gasteiger partial charge in [-0.2, -0.15) is 0 Å². The van der Waals surface area contributed by atoms with Crippen LogP contribution in [0, 0.1) is 10.1 Å². The van der Waals surface area contributed by atoms with Crippen molar-refractivity contribution >= 4 is 28.2 Å². The summed E-state index contributed by atoms with van der Waals surface area (Å²) in [5.74, 6) is 0. The molecule has 0 aliphatic heterocycles. The number of nitro benzene ring substituents is 1. The lowest BCUT2D eigenvalue weighted by atomic mass is 9.87. The summed E-state index contributed by atoms with van der Waals surface area (Å²) in [5.41, 5.74) is 11.4. The average molecular weight is 328 g/mol. The lowest BCUT2D eigenvalue weighted by Gasteiger charge is -2.20. The second kappa shape index (κ2) is 5.08. The fourth-order valence-corrected chi connectivity index (χ4v) is 3.58. The van der Waals surface area contributed by atoms with Crippen molar-refractivity contribution in [2.75, 3.05) is 0 Å². The summed E-state index contributed by atoms with van der Waals surface area (Å²) >= 11 is 6.34. The number of benzene rings is 2. The topological polar surface area (TPSA) is 84.9 Å². The Morgan fingerprint density at radius 3 is 2.65 bits per heavy atom.